The van der Waals surface area contributed by atoms with E-state index in [9.17, 15) is 14.4 Å². The molecule has 3 amide bonds. The van der Waals surface area contributed by atoms with Crippen molar-refractivity contribution in [2.24, 2.45) is 0 Å². The highest BCUT2D eigenvalue weighted by Crippen LogP contribution is 2.28. The molecule has 220 valence electrons. The lowest BCUT2D eigenvalue weighted by Crippen LogP contribution is -2.33. The fourth-order valence-corrected chi connectivity index (χ4v) is 5.45. The molecular weight excluding hydrogens is 560 g/mol. The van der Waals surface area contributed by atoms with E-state index >= 15 is 0 Å². The van der Waals surface area contributed by atoms with E-state index in [0.717, 1.165) is 67.6 Å². The summed E-state index contributed by atoms with van der Waals surface area (Å²) in [6.45, 7) is 5.57. The van der Waals surface area contributed by atoms with Gasteiger partial charge < -0.3 is 9.30 Å². The van der Waals surface area contributed by atoms with Crippen molar-refractivity contribution in [3.05, 3.63) is 81.2 Å². The molecule has 4 rings (SSSR count). The van der Waals surface area contributed by atoms with Gasteiger partial charge in [-0.3, -0.25) is 14.6 Å². The highest BCUT2D eigenvalue weighted by Gasteiger charge is 2.40. The number of urea groups is 1. The molecule has 0 N–H and O–H groups in total. The van der Waals surface area contributed by atoms with Crippen LogP contribution in [0.25, 0.3) is 6.08 Å². The van der Waals surface area contributed by atoms with Gasteiger partial charge in [-0.1, -0.05) is 51.7 Å². The molecule has 10 heteroatoms. The first kappa shape index (κ1) is 32.1. The van der Waals surface area contributed by atoms with Gasteiger partial charge in [0.15, 0.2) is 0 Å². The second kappa shape index (κ2) is 15.5. The number of benzene rings is 1. The molecule has 3 heterocycles. The van der Waals surface area contributed by atoms with Gasteiger partial charge in [0.25, 0.3) is 5.91 Å². The first-order valence-corrected chi connectivity index (χ1v) is 15.0. The number of hydrogen-bond donors (Lipinski definition) is 0. The number of hydrogen-bond acceptors (Lipinski definition) is 6. The van der Waals surface area contributed by atoms with Crippen LogP contribution in [0.4, 0.5) is 4.79 Å². The van der Waals surface area contributed by atoms with Crippen LogP contribution in [0.5, 0.6) is 0 Å². The van der Waals surface area contributed by atoms with E-state index in [1.54, 1.807) is 34.6 Å². The Labute approximate surface area is 252 Å². The zero-order valence-corrected chi connectivity index (χ0v) is 25.6. The standard InChI is InChI=1S/C31H38N4O4S.ClH/c1-4-6-8-9-16-33-29(36)27(35(31(33)38)21-24-15-17-40-22-24)18-26-19-32-28(10-7-5-2)34(26)20-23-11-13-25(14-12-23)30(37)39-3;/h11-15,17-19,22H,4-10,16,20-21H2,1-3H3;1H. The number of amides is 3. The lowest BCUT2D eigenvalue weighted by Gasteiger charge is -2.17. The van der Waals surface area contributed by atoms with Crippen LogP contribution in [0.3, 0.4) is 0 Å². The number of unbranched alkanes of at least 4 members (excludes halogenated alkanes) is 4. The van der Waals surface area contributed by atoms with E-state index < -0.39 is 0 Å². The van der Waals surface area contributed by atoms with Gasteiger partial charge >= 0.3 is 12.0 Å². The topological polar surface area (TPSA) is 84.7 Å². The summed E-state index contributed by atoms with van der Waals surface area (Å²) in [5.41, 5.74) is 3.61. The van der Waals surface area contributed by atoms with Crippen LogP contribution < -0.4 is 0 Å². The maximum Gasteiger partial charge on any atom is 0.337 e. The molecule has 3 aromatic rings. The Morgan fingerprint density at radius 3 is 2.37 bits per heavy atom. The van der Waals surface area contributed by atoms with Gasteiger partial charge in [0, 0.05) is 19.5 Å². The molecule has 41 heavy (non-hydrogen) atoms. The first-order chi connectivity index (χ1) is 19.5. The summed E-state index contributed by atoms with van der Waals surface area (Å²) in [4.78, 5) is 46.7. The van der Waals surface area contributed by atoms with Crippen molar-refractivity contribution >= 4 is 47.7 Å². The molecule has 1 aliphatic heterocycles. The zero-order chi connectivity index (χ0) is 28.5. The van der Waals surface area contributed by atoms with E-state index in [-0.39, 0.29) is 30.3 Å². The fraction of sp³-hybridized carbons (Fsp3) is 0.419. The third-order valence-electron chi connectivity index (χ3n) is 7.10. The van der Waals surface area contributed by atoms with Gasteiger partial charge in [-0.15, -0.1) is 12.4 Å². The number of halogens is 1. The van der Waals surface area contributed by atoms with E-state index in [0.29, 0.717) is 30.9 Å². The van der Waals surface area contributed by atoms with E-state index in [1.165, 1.54) is 12.0 Å². The number of carbonyl (C=O) groups excluding carboxylic acids is 3. The fourth-order valence-electron chi connectivity index (χ4n) is 4.79. The molecule has 1 fully saturated rings. The third-order valence-corrected chi connectivity index (χ3v) is 7.83. The summed E-state index contributed by atoms with van der Waals surface area (Å²) < 4.78 is 6.92. The number of rotatable bonds is 14. The molecule has 0 atom stereocenters. The van der Waals surface area contributed by atoms with Crippen molar-refractivity contribution in [3.8, 4) is 0 Å². The summed E-state index contributed by atoms with van der Waals surface area (Å²) in [5, 5.41) is 3.98. The van der Waals surface area contributed by atoms with E-state index in [4.69, 9.17) is 9.72 Å². The minimum Gasteiger partial charge on any atom is -0.465 e. The van der Waals surface area contributed by atoms with Crippen molar-refractivity contribution in [3.63, 3.8) is 0 Å². The number of ether oxygens (including phenoxy) is 1. The Bertz CT molecular complexity index is 1330. The molecule has 1 saturated heterocycles. The van der Waals surface area contributed by atoms with Gasteiger partial charge in [0.1, 0.15) is 11.5 Å². The molecule has 0 aliphatic carbocycles. The van der Waals surface area contributed by atoms with Crippen LogP contribution in [0, 0.1) is 0 Å². The largest absolute Gasteiger partial charge is 0.465 e. The third kappa shape index (κ3) is 7.86. The van der Waals surface area contributed by atoms with Gasteiger partial charge in [0.2, 0.25) is 0 Å². The smallest absolute Gasteiger partial charge is 0.337 e. The van der Waals surface area contributed by atoms with Crippen LogP contribution in [0.15, 0.2) is 53.0 Å². The van der Waals surface area contributed by atoms with Crippen molar-refractivity contribution in [2.45, 2.75) is 71.9 Å². The monoisotopic (exact) mass is 598 g/mol. The van der Waals surface area contributed by atoms with Crippen LogP contribution in [0.2, 0.25) is 0 Å². The number of thiophene rings is 1. The Balaban J connectivity index is 0.00000462. The van der Waals surface area contributed by atoms with Crippen LogP contribution in [0.1, 0.15) is 85.4 Å². The van der Waals surface area contributed by atoms with Gasteiger partial charge in [-0.05, 0) is 59.0 Å². The molecule has 1 aromatic carbocycles. The first-order valence-electron chi connectivity index (χ1n) is 14.0. The van der Waals surface area contributed by atoms with Crippen molar-refractivity contribution in [1.29, 1.82) is 0 Å². The summed E-state index contributed by atoms with van der Waals surface area (Å²) in [5.74, 6) is 0.281. The SMILES string of the molecule is CCCCCCN1C(=O)C(=Cc2cnc(CCCC)n2Cc2ccc(C(=O)OC)cc2)N(Cc2ccsc2)C1=O.Cl. The molecule has 2 aromatic heterocycles. The van der Waals surface area contributed by atoms with E-state index in [2.05, 4.69) is 18.4 Å². The molecule has 0 saturated carbocycles. The van der Waals surface area contributed by atoms with Crippen LogP contribution in [-0.2, 0) is 29.0 Å². The predicted octanol–water partition coefficient (Wildman–Crippen LogP) is 6.93. The maximum absolute atomic E-state index is 13.6. The number of aromatic nitrogens is 2. The normalized spacial score (nSPS) is 14.2. The van der Waals surface area contributed by atoms with Gasteiger partial charge in [0.05, 0.1) is 31.1 Å². The van der Waals surface area contributed by atoms with Crippen molar-refractivity contribution in [1.82, 2.24) is 19.4 Å². The number of nitrogens with zero attached hydrogens (tertiary/aromatic N) is 4. The summed E-state index contributed by atoms with van der Waals surface area (Å²) in [6, 6.07) is 9.01. The number of aryl methyl sites for hydroxylation is 1. The highest BCUT2D eigenvalue weighted by atomic mass is 35.5. The van der Waals surface area contributed by atoms with Crippen molar-refractivity contribution < 1.29 is 19.1 Å². The quantitative estimate of drug-likeness (QED) is 0.0869. The Hall–Kier alpha value is -3.43. The Morgan fingerprint density at radius 1 is 0.951 bits per heavy atom. The summed E-state index contributed by atoms with van der Waals surface area (Å²) in [7, 11) is 1.37. The molecule has 1 aliphatic rings. The average molecular weight is 599 g/mol. The predicted molar refractivity (Wildman–Crippen MR) is 164 cm³/mol. The molecule has 0 radical (unpaired) electrons. The number of imidazole rings is 1. The van der Waals surface area contributed by atoms with Gasteiger partial charge in [-0.25, -0.2) is 14.6 Å². The second-order valence-corrected chi connectivity index (χ2v) is 10.8. The molecule has 0 bridgehead atoms. The highest BCUT2D eigenvalue weighted by molar-refractivity contribution is 7.07. The number of imide groups is 1. The van der Waals surface area contributed by atoms with Gasteiger partial charge in [-0.2, -0.15) is 11.3 Å². The molecule has 0 unspecified atom stereocenters. The number of carbonyl (C=O) groups is 3. The lowest BCUT2D eigenvalue weighted by molar-refractivity contribution is -0.123. The summed E-state index contributed by atoms with van der Waals surface area (Å²) in [6.07, 6.45) is 10.4. The Kier molecular flexibility index (Phi) is 12.2. The number of esters is 1. The zero-order valence-electron chi connectivity index (χ0n) is 24.0. The van der Waals surface area contributed by atoms with Crippen LogP contribution in [-0.4, -0.2) is 50.9 Å². The second-order valence-electron chi connectivity index (χ2n) is 10.0. The molecule has 8 nitrogen and oxygen atoms in total. The minimum absolute atomic E-state index is 0. The average Bonchev–Trinajstić information content (AvgIpc) is 3.67. The Morgan fingerprint density at radius 2 is 1.71 bits per heavy atom. The summed E-state index contributed by atoms with van der Waals surface area (Å²) >= 11 is 1.57. The molecular formula is C31H39ClN4O4S. The molecule has 0 spiro atoms. The lowest BCUT2D eigenvalue weighted by atomic mass is 10.1. The number of methoxy groups -OCH3 is 1. The van der Waals surface area contributed by atoms with Crippen LogP contribution >= 0.6 is 23.7 Å². The maximum atomic E-state index is 13.6. The van der Waals surface area contributed by atoms with Crippen molar-refractivity contribution in [2.75, 3.05) is 13.7 Å². The van der Waals surface area contributed by atoms with E-state index in [1.807, 2.05) is 35.0 Å². The minimum atomic E-state index is -0.377.